The van der Waals surface area contributed by atoms with Gasteiger partial charge in [-0.15, -0.1) is 6.42 Å². The third kappa shape index (κ3) is 5.13. The minimum Gasteiger partial charge on any atom is -0.493 e. The standard InChI is InChI=1S/C18H15ClN2O5/c1-3-7-25-18-16(19)9-14(10-17(18)24-2)11-20-26-12-13-5-4-6-15(8-13)21(22)23/h1,4-6,8-11H,7,12H2,2H3/b20-11-. The summed E-state index contributed by atoms with van der Waals surface area (Å²) >= 11 is 6.16. The highest BCUT2D eigenvalue weighted by molar-refractivity contribution is 6.32. The zero-order valence-corrected chi connectivity index (χ0v) is 14.6. The van der Waals surface area contributed by atoms with Crippen molar-refractivity contribution in [1.82, 2.24) is 0 Å². The molecule has 0 aliphatic heterocycles. The van der Waals surface area contributed by atoms with Gasteiger partial charge in [-0.2, -0.15) is 0 Å². The van der Waals surface area contributed by atoms with Gasteiger partial charge in [0.05, 0.1) is 23.3 Å². The molecule has 8 heteroatoms. The van der Waals surface area contributed by atoms with E-state index >= 15 is 0 Å². The topological polar surface area (TPSA) is 83.2 Å². The molecule has 0 amide bonds. The molecule has 0 N–H and O–H groups in total. The summed E-state index contributed by atoms with van der Waals surface area (Å²) in [6, 6.07) is 9.41. The van der Waals surface area contributed by atoms with Gasteiger partial charge < -0.3 is 14.3 Å². The van der Waals surface area contributed by atoms with E-state index < -0.39 is 4.92 Å². The maximum absolute atomic E-state index is 10.7. The molecule has 2 aromatic carbocycles. The van der Waals surface area contributed by atoms with Crippen molar-refractivity contribution in [1.29, 1.82) is 0 Å². The van der Waals surface area contributed by atoms with Crippen LogP contribution in [0.4, 0.5) is 5.69 Å². The van der Waals surface area contributed by atoms with E-state index in [1.807, 2.05) is 0 Å². The number of terminal acetylenes is 1. The molecule has 26 heavy (non-hydrogen) atoms. The first kappa shape index (κ1) is 19.1. The second-order valence-electron chi connectivity index (χ2n) is 4.96. The molecule has 0 heterocycles. The Morgan fingerprint density at radius 2 is 2.19 bits per heavy atom. The first-order valence-corrected chi connectivity index (χ1v) is 7.75. The van der Waals surface area contributed by atoms with Crippen LogP contribution in [0.2, 0.25) is 5.02 Å². The lowest BCUT2D eigenvalue weighted by Gasteiger charge is -2.11. The van der Waals surface area contributed by atoms with E-state index in [2.05, 4.69) is 11.1 Å². The summed E-state index contributed by atoms with van der Waals surface area (Å²) in [5, 5.41) is 14.9. The predicted molar refractivity (Wildman–Crippen MR) is 97.8 cm³/mol. The molecule has 0 radical (unpaired) electrons. The van der Waals surface area contributed by atoms with Gasteiger partial charge in [0, 0.05) is 17.7 Å². The Kier molecular flexibility index (Phi) is 6.83. The average molecular weight is 375 g/mol. The van der Waals surface area contributed by atoms with Gasteiger partial charge in [-0.05, 0) is 17.7 Å². The number of nitro groups is 1. The largest absolute Gasteiger partial charge is 0.493 e. The maximum atomic E-state index is 10.7. The maximum Gasteiger partial charge on any atom is 0.269 e. The monoisotopic (exact) mass is 374 g/mol. The Morgan fingerprint density at radius 3 is 2.88 bits per heavy atom. The third-order valence-corrected chi connectivity index (χ3v) is 3.46. The summed E-state index contributed by atoms with van der Waals surface area (Å²) in [4.78, 5) is 15.4. The second kappa shape index (κ2) is 9.30. The molecule has 0 fully saturated rings. The number of nitro benzene ring substituents is 1. The van der Waals surface area contributed by atoms with Gasteiger partial charge in [0.2, 0.25) is 0 Å². The van der Waals surface area contributed by atoms with Crippen molar-refractivity contribution >= 4 is 23.5 Å². The third-order valence-electron chi connectivity index (χ3n) is 3.18. The van der Waals surface area contributed by atoms with Crippen LogP contribution in [0.5, 0.6) is 11.5 Å². The minimum absolute atomic E-state index is 0.00541. The van der Waals surface area contributed by atoms with Crippen LogP contribution in [0.25, 0.3) is 0 Å². The number of hydrogen-bond donors (Lipinski definition) is 0. The molecule has 0 aliphatic rings. The molecule has 0 atom stereocenters. The van der Waals surface area contributed by atoms with Crippen molar-refractivity contribution in [2.24, 2.45) is 5.16 Å². The van der Waals surface area contributed by atoms with Gasteiger partial charge in [-0.3, -0.25) is 10.1 Å². The molecule has 2 rings (SSSR count). The zero-order chi connectivity index (χ0) is 18.9. The highest BCUT2D eigenvalue weighted by Gasteiger charge is 2.11. The molecule has 2 aromatic rings. The van der Waals surface area contributed by atoms with E-state index in [0.29, 0.717) is 27.6 Å². The average Bonchev–Trinajstić information content (AvgIpc) is 2.64. The van der Waals surface area contributed by atoms with Crippen molar-refractivity contribution in [3.63, 3.8) is 0 Å². The Labute approximate surface area is 155 Å². The van der Waals surface area contributed by atoms with Crippen molar-refractivity contribution in [2.45, 2.75) is 6.61 Å². The van der Waals surface area contributed by atoms with E-state index in [4.69, 9.17) is 32.3 Å². The Balaban J connectivity index is 2.04. The normalized spacial score (nSPS) is 10.3. The zero-order valence-electron chi connectivity index (χ0n) is 13.8. The number of methoxy groups -OCH3 is 1. The molecule has 0 aromatic heterocycles. The number of ether oxygens (including phenoxy) is 2. The summed E-state index contributed by atoms with van der Waals surface area (Å²) in [6.45, 7) is 0.155. The lowest BCUT2D eigenvalue weighted by molar-refractivity contribution is -0.384. The van der Waals surface area contributed by atoms with E-state index in [-0.39, 0.29) is 18.9 Å². The SMILES string of the molecule is C#CCOc1c(Cl)cc(/C=N\OCc2cccc([N+](=O)[O-])c2)cc1OC. The van der Waals surface area contributed by atoms with Crippen LogP contribution in [-0.2, 0) is 11.4 Å². The Morgan fingerprint density at radius 1 is 1.38 bits per heavy atom. The number of non-ortho nitro benzene ring substituents is 1. The van der Waals surface area contributed by atoms with Crippen LogP contribution in [0.3, 0.4) is 0 Å². The minimum atomic E-state index is -0.467. The lowest BCUT2D eigenvalue weighted by atomic mass is 10.2. The summed E-state index contributed by atoms with van der Waals surface area (Å²) in [6.07, 6.45) is 6.61. The number of hydrogen-bond acceptors (Lipinski definition) is 6. The quantitative estimate of drug-likeness (QED) is 0.303. The molecule has 134 valence electrons. The molecule has 0 spiro atoms. The molecular formula is C18H15ClN2O5. The highest BCUT2D eigenvalue weighted by Crippen LogP contribution is 2.36. The van der Waals surface area contributed by atoms with Crippen LogP contribution in [0.1, 0.15) is 11.1 Å². The molecule has 0 unspecified atom stereocenters. The summed E-state index contributed by atoms with van der Waals surface area (Å²) in [5.41, 5.74) is 1.25. The lowest BCUT2D eigenvalue weighted by Crippen LogP contribution is -1.99. The first-order chi connectivity index (χ1) is 12.5. The molecule has 0 saturated carbocycles. The second-order valence-corrected chi connectivity index (χ2v) is 5.37. The Bertz CT molecular complexity index is 861. The van der Waals surface area contributed by atoms with Crippen LogP contribution < -0.4 is 9.47 Å². The number of benzene rings is 2. The summed E-state index contributed by atoms with van der Waals surface area (Å²) in [7, 11) is 1.48. The van der Waals surface area contributed by atoms with Crippen LogP contribution in [-0.4, -0.2) is 24.9 Å². The van der Waals surface area contributed by atoms with Gasteiger partial charge in [-0.1, -0.05) is 34.8 Å². The molecule has 0 bridgehead atoms. The van der Waals surface area contributed by atoms with E-state index in [0.717, 1.165) is 0 Å². The first-order valence-electron chi connectivity index (χ1n) is 7.37. The molecule has 0 aliphatic carbocycles. The molecule has 0 saturated heterocycles. The summed E-state index contributed by atoms with van der Waals surface area (Å²) < 4.78 is 10.6. The van der Waals surface area contributed by atoms with Gasteiger partial charge in [0.1, 0.15) is 13.2 Å². The highest BCUT2D eigenvalue weighted by atomic mass is 35.5. The van der Waals surface area contributed by atoms with Crippen LogP contribution in [0, 0.1) is 22.5 Å². The van der Waals surface area contributed by atoms with Gasteiger partial charge in [-0.25, -0.2) is 0 Å². The Hall–Kier alpha value is -3.24. The van der Waals surface area contributed by atoms with Crippen molar-refractivity contribution < 1.29 is 19.2 Å². The molecule has 7 nitrogen and oxygen atoms in total. The van der Waals surface area contributed by atoms with Gasteiger partial charge in [0.25, 0.3) is 5.69 Å². The van der Waals surface area contributed by atoms with Crippen LogP contribution >= 0.6 is 11.6 Å². The number of halogens is 1. The van der Waals surface area contributed by atoms with Crippen LogP contribution in [0.15, 0.2) is 41.6 Å². The van der Waals surface area contributed by atoms with E-state index in [1.54, 1.807) is 24.3 Å². The number of oxime groups is 1. The van der Waals surface area contributed by atoms with Gasteiger partial charge in [0.15, 0.2) is 11.5 Å². The number of nitrogens with zero attached hydrogens (tertiary/aromatic N) is 2. The number of rotatable bonds is 8. The smallest absolute Gasteiger partial charge is 0.269 e. The summed E-state index contributed by atoms with van der Waals surface area (Å²) in [5.74, 6) is 3.11. The fourth-order valence-electron chi connectivity index (χ4n) is 2.04. The van der Waals surface area contributed by atoms with Crippen molar-refractivity contribution in [3.05, 3.63) is 62.7 Å². The van der Waals surface area contributed by atoms with Crippen molar-refractivity contribution in [2.75, 3.05) is 13.7 Å². The fraction of sp³-hybridized carbons (Fsp3) is 0.167. The fourth-order valence-corrected chi connectivity index (χ4v) is 2.31. The van der Waals surface area contributed by atoms with Crippen molar-refractivity contribution in [3.8, 4) is 23.8 Å². The van der Waals surface area contributed by atoms with Gasteiger partial charge >= 0.3 is 0 Å². The van der Waals surface area contributed by atoms with E-state index in [9.17, 15) is 10.1 Å². The van der Waals surface area contributed by atoms with E-state index in [1.165, 1.54) is 25.5 Å². The molecular weight excluding hydrogens is 360 g/mol. The predicted octanol–water partition coefficient (Wildman–Crippen LogP) is 3.82.